The maximum atomic E-state index is 11.5. The molecule has 0 bridgehead atoms. The van der Waals surface area contributed by atoms with Gasteiger partial charge in [0.25, 0.3) is 0 Å². The van der Waals surface area contributed by atoms with Crippen LogP contribution in [0.25, 0.3) is 0 Å². The van der Waals surface area contributed by atoms with Gasteiger partial charge in [-0.25, -0.2) is 18.4 Å². The van der Waals surface area contributed by atoms with Gasteiger partial charge in [-0.15, -0.1) is 0 Å². The second kappa shape index (κ2) is 9.30. The van der Waals surface area contributed by atoms with Gasteiger partial charge in [-0.05, 0) is 24.5 Å². The SMILES string of the molecule is CCOCc1ccc(CNc2nc(CS(C)(=O)=O)nc(Cl)c2CC)cc1. The Kier molecular flexibility index (Phi) is 7.37. The predicted molar refractivity (Wildman–Crippen MR) is 104 cm³/mol. The molecule has 1 aromatic heterocycles. The van der Waals surface area contributed by atoms with Crippen molar-refractivity contribution in [3.63, 3.8) is 0 Å². The molecule has 0 unspecified atom stereocenters. The Balaban J connectivity index is 2.14. The van der Waals surface area contributed by atoms with E-state index in [0.29, 0.717) is 32.0 Å². The Morgan fingerprint density at radius 2 is 1.77 bits per heavy atom. The van der Waals surface area contributed by atoms with Crippen molar-refractivity contribution < 1.29 is 13.2 Å². The van der Waals surface area contributed by atoms with Gasteiger partial charge in [0.05, 0.1) is 6.61 Å². The lowest BCUT2D eigenvalue weighted by Gasteiger charge is -2.13. The zero-order valence-electron chi connectivity index (χ0n) is 15.3. The molecule has 1 aromatic carbocycles. The van der Waals surface area contributed by atoms with Gasteiger partial charge in [-0.1, -0.05) is 42.8 Å². The number of nitrogens with zero attached hydrogens (tertiary/aromatic N) is 2. The number of nitrogens with one attached hydrogen (secondary N) is 1. The van der Waals surface area contributed by atoms with E-state index in [2.05, 4.69) is 15.3 Å². The van der Waals surface area contributed by atoms with Crippen LogP contribution in [0.3, 0.4) is 0 Å². The number of sulfone groups is 1. The lowest BCUT2D eigenvalue weighted by molar-refractivity contribution is 0.134. The molecule has 0 radical (unpaired) electrons. The molecule has 26 heavy (non-hydrogen) atoms. The van der Waals surface area contributed by atoms with Crippen LogP contribution in [-0.4, -0.2) is 31.2 Å². The van der Waals surface area contributed by atoms with Crippen molar-refractivity contribution in [2.75, 3.05) is 18.2 Å². The molecular weight excluding hydrogens is 374 g/mol. The Labute approximate surface area is 159 Å². The Morgan fingerprint density at radius 1 is 1.12 bits per heavy atom. The first-order chi connectivity index (χ1) is 12.3. The standard InChI is InChI=1S/C18H24ClN3O3S/c1-4-15-17(19)21-16(12-26(3,23)24)22-18(15)20-10-13-6-8-14(9-7-13)11-25-5-2/h6-9H,4-5,10-12H2,1-3H3,(H,20,21,22). The van der Waals surface area contributed by atoms with Crippen molar-refractivity contribution in [2.45, 2.75) is 39.2 Å². The third kappa shape index (κ3) is 6.23. The van der Waals surface area contributed by atoms with E-state index >= 15 is 0 Å². The molecule has 0 spiro atoms. The number of ether oxygens (including phenoxy) is 1. The van der Waals surface area contributed by atoms with Crippen LogP contribution in [0.2, 0.25) is 5.15 Å². The van der Waals surface area contributed by atoms with E-state index in [-0.39, 0.29) is 16.7 Å². The number of hydrogen-bond donors (Lipinski definition) is 1. The Bertz CT molecular complexity index is 840. The first-order valence-corrected chi connectivity index (χ1v) is 10.9. The van der Waals surface area contributed by atoms with E-state index in [0.717, 1.165) is 22.9 Å². The zero-order chi connectivity index (χ0) is 19.2. The highest BCUT2D eigenvalue weighted by molar-refractivity contribution is 7.89. The lowest BCUT2D eigenvalue weighted by atomic mass is 10.1. The number of aromatic nitrogens is 2. The fraction of sp³-hybridized carbons (Fsp3) is 0.444. The molecule has 142 valence electrons. The summed E-state index contributed by atoms with van der Waals surface area (Å²) in [6.45, 7) is 5.75. The molecular formula is C18H24ClN3O3S. The lowest BCUT2D eigenvalue weighted by Crippen LogP contribution is -2.11. The molecule has 0 fully saturated rings. The number of hydrogen-bond acceptors (Lipinski definition) is 6. The maximum Gasteiger partial charge on any atom is 0.154 e. The molecule has 0 saturated heterocycles. The van der Waals surface area contributed by atoms with Crippen LogP contribution >= 0.6 is 11.6 Å². The van der Waals surface area contributed by atoms with Gasteiger partial charge < -0.3 is 10.1 Å². The van der Waals surface area contributed by atoms with Gasteiger partial charge in [0.1, 0.15) is 22.5 Å². The summed E-state index contributed by atoms with van der Waals surface area (Å²) in [5, 5.41) is 3.54. The van der Waals surface area contributed by atoms with E-state index in [1.165, 1.54) is 0 Å². The summed E-state index contributed by atoms with van der Waals surface area (Å²) in [5.74, 6) is 0.533. The molecule has 1 N–H and O–H groups in total. The van der Waals surface area contributed by atoms with Gasteiger partial charge in [-0.2, -0.15) is 0 Å². The quantitative estimate of drug-likeness (QED) is 0.653. The van der Waals surface area contributed by atoms with Gasteiger partial charge in [0.2, 0.25) is 0 Å². The van der Waals surface area contributed by atoms with Crippen molar-refractivity contribution in [1.29, 1.82) is 0 Å². The van der Waals surface area contributed by atoms with Crippen LogP contribution in [0.5, 0.6) is 0 Å². The van der Waals surface area contributed by atoms with E-state index < -0.39 is 9.84 Å². The average Bonchev–Trinajstić information content (AvgIpc) is 2.57. The monoisotopic (exact) mass is 397 g/mol. The highest BCUT2D eigenvalue weighted by Gasteiger charge is 2.15. The highest BCUT2D eigenvalue weighted by Crippen LogP contribution is 2.23. The molecule has 6 nitrogen and oxygen atoms in total. The second-order valence-electron chi connectivity index (χ2n) is 5.99. The first kappa shape index (κ1) is 20.6. The number of rotatable bonds is 9. The normalized spacial score (nSPS) is 11.5. The summed E-state index contributed by atoms with van der Waals surface area (Å²) in [7, 11) is -3.23. The minimum atomic E-state index is -3.23. The van der Waals surface area contributed by atoms with Crippen LogP contribution in [0.4, 0.5) is 5.82 Å². The van der Waals surface area contributed by atoms with Crippen LogP contribution < -0.4 is 5.32 Å². The summed E-state index contributed by atoms with van der Waals surface area (Å²) in [6, 6.07) is 8.09. The largest absolute Gasteiger partial charge is 0.377 e. The summed E-state index contributed by atoms with van der Waals surface area (Å²) < 4.78 is 28.4. The zero-order valence-corrected chi connectivity index (χ0v) is 16.8. The molecule has 1 heterocycles. The minimum absolute atomic E-state index is 0.198. The highest BCUT2D eigenvalue weighted by atomic mass is 35.5. The number of benzene rings is 1. The molecule has 0 aliphatic rings. The fourth-order valence-electron chi connectivity index (χ4n) is 2.42. The maximum absolute atomic E-state index is 11.5. The van der Waals surface area contributed by atoms with Crippen LogP contribution in [-0.2, 0) is 39.9 Å². The van der Waals surface area contributed by atoms with Gasteiger partial charge >= 0.3 is 0 Å². The minimum Gasteiger partial charge on any atom is -0.377 e. The number of halogens is 1. The third-order valence-corrected chi connectivity index (χ3v) is 4.80. The van der Waals surface area contributed by atoms with Crippen molar-refractivity contribution >= 4 is 27.3 Å². The predicted octanol–water partition coefficient (Wildman–Crippen LogP) is 3.39. The van der Waals surface area contributed by atoms with Crippen molar-refractivity contribution in [3.05, 3.63) is 51.9 Å². The summed E-state index contributed by atoms with van der Waals surface area (Å²) in [5.41, 5.74) is 2.97. The van der Waals surface area contributed by atoms with E-state index in [1.54, 1.807) is 0 Å². The third-order valence-electron chi connectivity index (χ3n) is 3.70. The summed E-state index contributed by atoms with van der Waals surface area (Å²) in [6.07, 6.45) is 1.79. The van der Waals surface area contributed by atoms with E-state index in [1.807, 2.05) is 38.1 Å². The van der Waals surface area contributed by atoms with Crippen LogP contribution in [0.1, 0.15) is 36.4 Å². The average molecular weight is 398 g/mol. The first-order valence-electron chi connectivity index (χ1n) is 8.44. The summed E-state index contributed by atoms with van der Waals surface area (Å²) in [4.78, 5) is 8.46. The molecule has 0 amide bonds. The molecule has 2 rings (SSSR count). The van der Waals surface area contributed by atoms with Gasteiger partial charge in [0.15, 0.2) is 9.84 Å². The Morgan fingerprint density at radius 3 is 2.35 bits per heavy atom. The Hall–Kier alpha value is -1.70. The van der Waals surface area contributed by atoms with Gasteiger partial charge in [0, 0.05) is 25.0 Å². The van der Waals surface area contributed by atoms with E-state index in [4.69, 9.17) is 16.3 Å². The smallest absolute Gasteiger partial charge is 0.154 e. The van der Waals surface area contributed by atoms with Gasteiger partial charge in [-0.3, -0.25) is 0 Å². The molecule has 0 aliphatic heterocycles. The topological polar surface area (TPSA) is 81.2 Å². The van der Waals surface area contributed by atoms with Crippen molar-refractivity contribution in [2.24, 2.45) is 0 Å². The summed E-state index contributed by atoms with van der Waals surface area (Å²) >= 11 is 6.21. The van der Waals surface area contributed by atoms with Crippen LogP contribution in [0.15, 0.2) is 24.3 Å². The van der Waals surface area contributed by atoms with E-state index in [9.17, 15) is 8.42 Å². The van der Waals surface area contributed by atoms with Crippen LogP contribution in [0, 0.1) is 0 Å². The fourth-order valence-corrected chi connectivity index (χ4v) is 3.34. The molecule has 0 saturated carbocycles. The molecule has 0 aliphatic carbocycles. The molecule has 8 heteroatoms. The van der Waals surface area contributed by atoms with Crippen molar-refractivity contribution in [3.8, 4) is 0 Å². The van der Waals surface area contributed by atoms with Crippen molar-refractivity contribution in [1.82, 2.24) is 9.97 Å². The molecule has 2 aromatic rings. The number of anilines is 1. The second-order valence-corrected chi connectivity index (χ2v) is 8.49. The molecule has 0 atom stereocenters.